The van der Waals surface area contributed by atoms with Crippen LogP contribution in [0.15, 0.2) is 42.0 Å². The molecule has 2 aliphatic rings. The van der Waals surface area contributed by atoms with Crippen LogP contribution in [0.4, 0.5) is 4.79 Å². The Morgan fingerprint density at radius 3 is 2.77 bits per heavy atom. The number of imide groups is 1. The smallest absolute Gasteiger partial charge is 0.416 e. The van der Waals surface area contributed by atoms with E-state index in [1.165, 1.54) is 10.5 Å². The fourth-order valence-corrected chi connectivity index (χ4v) is 3.15. The number of carbonyl (C=O) groups excluding carboxylic acids is 2. The van der Waals surface area contributed by atoms with Gasteiger partial charge in [-0.15, -0.1) is 0 Å². The minimum absolute atomic E-state index is 0.0767. The fraction of sp³-hybridized carbons (Fsp3) is 0.444. The van der Waals surface area contributed by atoms with Crippen LogP contribution >= 0.6 is 0 Å². The number of nitrogens with zero attached hydrogens (tertiary/aromatic N) is 1. The van der Waals surface area contributed by atoms with Gasteiger partial charge >= 0.3 is 6.09 Å². The van der Waals surface area contributed by atoms with Crippen LogP contribution < -0.4 is 0 Å². The maximum atomic E-state index is 12.7. The zero-order valence-electron chi connectivity index (χ0n) is 12.8. The summed E-state index contributed by atoms with van der Waals surface area (Å²) in [7, 11) is 0. The maximum absolute atomic E-state index is 12.7. The van der Waals surface area contributed by atoms with Crippen molar-refractivity contribution in [1.82, 2.24) is 4.90 Å². The molecule has 0 N–H and O–H groups in total. The van der Waals surface area contributed by atoms with Crippen molar-refractivity contribution in [3.63, 3.8) is 0 Å². The van der Waals surface area contributed by atoms with E-state index in [-0.39, 0.29) is 17.9 Å². The molecule has 22 heavy (non-hydrogen) atoms. The van der Waals surface area contributed by atoms with Gasteiger partial charge in [-0.2, -0.15) is 0 Å². The number of allylic oxidation sites excluding steroid dienone is 2. The molecule has 0 spiro atoms. The lowest BCUT2D eigenvalue weighted by atomic mass is 9.89. The number of carbonyl (C=O) groups is 2. The summed E-state index contributed by atoms with van der Waals surface area (Å²) in [6, 6.07) is 9.73. The molecule has 116 valence electrons. The third-order valence-corrected chi connectivity index (χ3v) is 4.50. The monoisotopic (exact) mass is 299 g/mol. The second-order valence-corrected chi connectivity index (χ2v) is 6.15. The van der Waals surface area contributed by atoms with Gasteiger partial charge < -0.3 is 4.74 Å². The van der Waals surface area contributed by atoms with Crippen molar-refractivity contribution in [3.05, 3.63) is 47.5 Å². The van der Waals surface area contributed by atoms with Gasteiger partial charge in [0.2, 0.25) is 5.91 Å². The highest BCUT2D eigenvalue weighted by atomic mass is 16.6. The molecule has 0 radical (unpaired) electrons. The second-order valence-electron chi connectivity index (χ2n) is 6.15. The van der Waals surface area contributed by atoms with E-state index in [0.29, 0.717) is 13.0 Å². The summed E-state index contributed by atoms with van der Waals surface area (Å²) in [6.45, 7) is 2.38. The van der Waals surface area contributed by atoms with Crippen molar-refractivity contribution in [2.45, 2.75) is 38.6 Å². The van der Waals surface area contributed by atoms with Crippen molar-refractivity contribution in [1.29, 1.82) is 0 Å². The number of hydrogen-bond donors (Lipinski definition) is 0. The largest absolute Gasteiger partial charge is 0.447 e. The minimum Gasteiger partial charge on any atom is -0.447 e. The number of rotatable bonds is 3. The van der Waals surface area contributed by atoms with Crippen LogP contribution in [0.5, 0.6) is 0 Å². The van der Waals surface area contributed by atoms with Crippen molar-refractivity contribution in [2.75, 3.05) is 6.61 Å². The molecule has 2 atom stereocenters. The first-order valence-corrected chi connectivity index (χ1v) is 7.84. The van der Waals surface area contributed by atoms with Gasteiger partial charge in [0, 0.05) is 5.92 Å². The second kappa shape index (κ2) is 6.34. The van der Waals surface area contributed by atoms with E-state index in [0.717, 1.165) is 24.8 Å². The topological polar surface area (TPSA) is 46.6 Å². The summed E-state index contributed by atoms with van der Waals surface area (Å²) >= 11 is 0. The molecule has 1 aromatic rings. The molecule has 1 unspecified atom stereocenters. The zero-order chi connectivity index (χ0) is 15.5. The van der Waals surface area contributed by atoms with Crippen molar-refractivity contribution >= 4 is 12.0 Å². The molecule has 1 saturated heterocycles. The standard InChI is InChI=1S/C18H21NO3/c1-13-7-9-15(10-8-13)17(20)19-16(12-22-18(19)21)11-14-5-3-2-4-6-14/h2-7,15-16H,8-12H2,1H3/t15?,16-/m1/s1. The number of ether oxygens (including phenoxy) is 1. The molecule has 2 amide bonds. The summed E-state index contributed by atoms with van der Waals surface area (Å²) in [6.07, 6.45) is 4.76. The van der Waals surface area contributed by atoms with E-state index in [4.69, 9.17) is 4.74 Å². The Kier molecular flexibility index (Phi) is 4.27. The Hall–Kier alpha value is -2.10. The molecule has 1 aromatic carbocycles. The van der Waals surface area contributed by atoms with Gasteiger partial charge in [-0.3, -0.25) is 4.79 Å². The first-order chi connectivity index (χ1) is 10.6. The number of hydrogen-bond acceptors (Lipinski definition) is 3. The van der Waals surface area contributed by atoms with E-state index in [2.05, 4.69) is 13.0 Å². The van der Waals surface area contributed by atoms with Crippen LogP contribution in [0, 0.1) is 5.92 Å². The summed E-state index contributed by atoms with van der Waals surface area (Å²) in [5, 5.41) is 0. The third kappa shape index (κ3) is 3.06. The summed E-state index contributed by atoms with van der Waals surface area (Å²) in [4.78, 5) is 26.1. The molecular weight excluding hydrogens is 278 g/mol. The highest BCUT2D eigenvalue weighted by Crippen LogP contribution is 2.28. The van der Waals surface area contributed by atoms with Gasteiger partial charge in [-0.1, -0.05) is 42.0 Å². The zero-order valence-corrected chi connectivity index (χ0v) is 12.8. The summed E-state index contributed by atoms with van der Waals surface area (Å²) in [5.74, 6) is -0.167. The van der Waals surface area contributed by atoms with E-state index < -0.39 is 6.09 Å². The van der Waals surface area contributed by atoms with Crippen molar-refractivity contribution < 1.29 is 14.3 Å². The quantitative estimate of drug-likeness (QED) is 0.804. The molecule has 4 heteroatoms. The lowest BCUT2D eigenvalue weighted by Crippen LogP contribution is -2.43. The average Bonchev–Trinajstić information content (AvgIpc) is 2.89. The normalized spacial score (nSPS) is 24.9. The Bertz CT molecular complexity index is 594. The molecule has 1 aliphatic heterocycles. The predicted octanol–water partition coefficient (Wildman–Crippen LogP) is 3.32. The van der Waals surface area contributed by atoms with Crippen LogP contribution in [0.3, 0.4) is 0 Å². The molecule has 0 saturated carbocycles. The van der Waals surface area contributed by atoms with Gasteiger partial charge in [0.1, 0.15) is 6.61 Å². The molecule has 1 heterocycles. The van der Waals surface area contributed by atoms with E-state index in [9.17, 15) is 9.59 Å². The first-order valence-electron chi connectivity index (χ1n) is 7.84. The van der Waals surface area contributed by atoms with Crippen LogP contribution in [-0.4, -0.2) is 29.5 Å². The van der Waals surface area contributed by atoms with Crippen LogP contribution in [0.25, 0.3) is 0 Å². The molecule has 0 aromatic heterocycles. The Morgan fingerprint density at radius 1 is 1.32 bits per heavy atom. The Balaban J connectivity index is 1.72. The van der Waals surface area contributed by atoms with Crippen molar-refractivity contribution in [3.8, 4) is 0 Å². The lowest BCUT2D eigenvalue weighted by molar-refractivity contribution is -0.133. The van der Waals surface area contributed by atoms with Gasteiger partial charge in [-0.05, 0) is 38.2 Å². The van der Waals surface area contributed by atoms with Crippen molar-refractivity contribution in [2.24, 2.45) is 5.92 Å². The van der Waals surface area contributed by atoms with Gasteiger partial charge in [-0.25, -0.2) is 9.69 Å². The molecule has 0 bridgehead atoms. The SMILES string of the molecule is CC1=CCC(C(=O)N2C(=O)OC[C@H]2Cc2ccccc2)CC1. The molecule has 1 fully saturated rings. The van der Waals surface area contributed by atoms with Crippen LogP contribution in [-0.2, 0) is 16.0 Å². The summed E-state index contributed by atoms with van der Waals surface area (Å²) < 4.78 is 5.13. The number of amides is 2. The van der Waals surface area contributed by atoms with E-state index in [1.807, 2.05) is 30.3 Å². The third-order valence-electron chi connectivity index (χ3n) is 4.50. The Morgan fingerprint density at radius 2 is 2.09 bits per heavy atom. The highest BCUT2D eigenvalue weighted by Gasteiger charge is 2.40. The predicted molar refractivity (Wildman–Crippen MR) is 83.2 cm³/mol. The minimum atomic E-state index is -0.489. The Labute approximate surface area is 130 Å². The maximum Gasteiger partial charge on any atom is 0.416 e. The summed E-state index contributed by atoms with van der Waals surface area (Å²) in [5.41, 5.74) is 2.44. The molecule has 1 aliphatic carbocycles. The van der Waals surface area contributed by atoms with E-state index >= 15 is 0 Å². The molecule has 3 rings (SSSR count). The van der Waals surface area contributed by atoms with Gasteiger partial charge in [0.15, 0.2) is 0 Å². The number of cyclic esters (lactones) is 1. The fourth-order valence-electron chi connectivity index (χ4n) is 3.15. The highest BCUT2D eigenvalue weighted by molar-refractivity contribution is 5.95. The molecule has 4 nitrogen and oxygen atoms in total. The van der Waals surface area contributed by atoms with Crippen LogP contribution in [0.2, 0.25) is 0 Å². The van der Waals surface area contributed by atoms with Gasteiger partial charge in [0.05, 0.1) is 6.04 Å². The van der Waals surface area contributed by atoms with E-state index in [1.54, 1.807) is 0 Å². The van der Waals surface area contributed by atoms with Gasteiger partial charge in [0.25, 0.3) is 0 Å². The lowest BCUT2D eigenvalue weighted by Gasteiger charge is -2.26. The molecular formula is C18H21NO3. The van der Waals surface area contributed by atoms with Crippen LogP contribution in [0.1, 0.15) is 31.7 Å². The first kappa shape index (κ1) is 14.8. The average molecular weight is 299 g/mol. The number of benzene rings is 1.